The van der Waals surface area contributed by atoms with Crippen LogP contribution in [0.2, 0.25) is 0 Å². The van der Waals surface area contributed by atoms with Crippen LogP contribution in [0, 0.1) is 13.8 Å². The number of aryl methyl sites for hydroxylation is 1. The van der Waals surface area contributed by atoms with Gasteiger partial charge in [0.1, 0.15) is 11.6 Å². The Hall–Kier alpha value is -3.00. The van der Waals surface area contributed by atoms with Gasteiger partial charge in [0.2, 0.25) is 5.91 Å². The maximum absolute atomic E-state index is 12.2. The molecule has 2 N–H and O–H groups in total. The molecule has 0 saturated heterocycles. The number of rotatable bonds is 7. The molecule has 0 spiro atoms. The quantitative estimate of drug-likeness (QED) is 0.637. The Kier molecular flexibility index (Phi) is 6.20. The van der Waals surface area contributed by atoms with Gasteiger partial charge in [-0.1, -0.05) is 0 Å². The lowest BCUT2D eigenvalue weighted by molar-refractivity contribution is -0.120. The van der Waals surface area contributed by atoms with Crippen molar-refractivity contribution in [1.29, 1.82) is 0 Å². The second-order valence-corrected chi connectivity index (χ2v) is 7.30. The van der Waals surface area contributed by atoms with Gasteiger partial charge in [-0.3, -0.25) is 9.59 Å². The van der Waals surface area contributed by atoms with E-state index in [9.17, 15) is 9.59 Å². The maximum Gasteiger partial charge on any atom is 0.254 e. The molecule has 0 aliphatic heterocycles. The summed E-state index contributed by atoms with van der Waals surface area (Å²) in [6.07, 6.45) is 0.735. The Morgan fingerprint density at radius 2 is 1.96 bits per heavy atom. The van der Waals surface area contributed by atoms with Crippen LogP contribution in [0.3, 0.4) is 0 Å². The van der Waals surface area contributed by atoms with Gasteiger partial charge in [-0.05, 0) is 38.1 Å². The van der Waals surface area contributed by atoms with Crippen LogP contribution < -0.4 is 15.6 Å². The molecule has 0 bridgehead atoms. The predicted octanol–water partition coefficient (Wildman–Crippen LogP) is 2.42. The van der Waals surface area contributed by atoms with Crippen LogP contribution in [0.5, 0.6) is 5.75 Å². The molecule has 8 heteroatoms. The highest BCUT2D eigenvalue weighted by Crippen LogP contribution is 2.24. The first kappa shape index (κ1) is 19.8. The number of nitrogens with zero attached hydrogens (tertiary/aromatic N) is 2. The number of thiazole rings is 1. The first-order valence-electron chi connectivity index (χ1n) is 8.88. The molecule has 2 heterocycles. The monoisotopic (exact) mass is 398 g/mol. The van der Waals surface area contributed by atoms with Crippen LogP contribution in [0.4, 0.5) is 0 Å². The molecule has 0 aliphatic carbocycles. The number of amides is 1. The number of hydrogen-bond donors (Lipinski definition) is 2. The average Bonchev–Trinajstić information content (AvgIpc) is 3.14. The van der Waals surface area contributed by atoms with Crippen molar-refractivity contribution in [3.63, 3.8) is 0 Å². The van der Waals surface area contributed by atoms with Gasteiger partial charge in [-0.25, -0.2) is 9.97 Å². The van der Waals surface area contributed by atoms with Crippen molar-refractivity contribution in [2.45, 2.75) is 26.7 Å². The van der Waals surface area contributed by atoms with Gasteiger partial charge in [0.05, 0.1) is 29.9 Å². The second kappa shape index (κ2) is 8.79. The highest BCUT2D eigenvalue weighted by molar-refractivity contribution is 7.09. The molecule has 0 saturated carbocycles. The molecule has 0 unspecified atom stereocenters. The zero-order chi connectivity index (χ0) is 20.1. The third-order valence-corrected chi connectivity index (χ3v) is 5.21. The first-order valence-corrected chi connectivity index (χ1v) is 9.76. The molecule has 2 aromatic heterocycles. The van der Waals surface area contributed by atoms with Crippen molar-refractivity contribution in [2.24, 2.45) is 0 Å². The summed E-state index contributed by atoms with van der Waals surface area (Å²) in [5, 5.41) is 5.83. The van der Waals surface area contributed by atoms with E-state index in [4.69, 9.17) is 4.74 Å². The van der Waals surface area contributed by atoms with Gasteiger partial charge in [0.15, 0.2) is 0 Å². The Balaban J connectivity index is 1.53. The standard InChI is InChI=1S/C20H22N4O3S/c1-12-16(22-13(2)23-20(12)26)10-18(25)21-9-8-19-24-17(11-28-19)14-4-6-15(27-3)7-5-14/h4-7,11H,8-10H2,1-3H3,(H,21,25)(H,22,23,26). The summed E-state index contributed by atoms with van der Waals surface area (Å²) in [6.45, 7) is 3.85. The third kappa shape index (κ3) is 4.83. The first-order chi connectivity index (χ1) is 13.5. The van der Waals surface area contributed by atoms with Crippen LogP contribution in [-0.4, -0.2) is 34.5 Å². The van der Waals surface area contributed by atoms with E-state index >= 15 is 0 Å². The molecule has 0 atom stereocenters. The lowest BCUT2D eigenvalue weighted by atomic mass is 10.2. The molecule has 146 valence electrons. The highest BCUT2D eigenvalue weighted by atomic mass is 32.1. The van der Waals surface area contributed by atoms with E-state index in [2.05, 4.69) is 20.3 Å². The van der Waals surface area contributed by atoms with E-state index in [-0.39, 0.29) is 17.9 Å². The minimum Gasteiger partial charge on any atom is -0.497 e. The SMILES string of the molecule is COc1ccc(-c2csc(CCNC(=O)Cc3nc(C)[nH]c(=O)c3C)n2)cc1. The molecule has 3 rings (SSSR count). The fourth-order valence-corrected chi connectivity index (χ4v) is 3.53. The summed E-state index contributed by atoms with van der Waals surface area (Å²) in [5.74, 6) is 1.15. The van der Waals surface area contributed by atoms with Gasteiger partial charge in [0, 0.05) is 29.5 Å². The molecular weight excluding hydrogens is 376 g/mol. The van der Waals surface area contributed by atoms with Crippen LogP contribution in [0.1, 0.15) is 22.1 Å². The predicted molar refractivity (Wildman–Crippen MR) is 109 cm³/mol. The van der Waals surface area contributed by atoms with Crippen molar-refractivity contribution in [1.82, 2.24) is 20.3 Å². The zero-order valence-electron chi connectivity index (χ0n) is 16.0. The molecule has 0 fully saturated rings. The topological polar surface area (TPSA) is 97.0 Å². The third-order valence-electron chi connectivity index (χ3n) is 4.30. The Morgan fingerprint density at radius 3 is 2.68 bits per heavy atom. The molecule has 0 aliphatic rings. The van der Waals surface area contributed by atoms with Crippen molar-refractivity contribution in [3.05, 3.63) is 62.1 Å². The highest BCUT2D eigenvalue weighted by Gasteiger charge is 2.11. The summed E-state index contributed by atoms with van der Waals surface area (Å²) in [5.41, 5.74) is 2.72. The van der Waals surface area contributed by atoms with Gasteiger partial charge < -0.3 is 15.0 Å². The summed E-state index contributed by atoms with van der Waals surface area (Å²) >= 11 is 1.56. The smallest absolute Gasteiger partial charge is 0.254 e. The fourth-order valence-electron chi connectivity index (χ4n) is 2.72. The summed E-state index contributed by atoms with van der Waals surface area (Å²) < 4.78 is 5.17. The number of carbonyl (C=O) groups is 1. The molecule has 1 amide bonds. The summed E-state index contributed by atoms with van der Waals surface area (Å²) in [4.78, 5) is 35.4. The number of H-pyrrole nitrogens is 1. The number of methoxy groups -OCH3 is 1. The molecule has 1 aromatic carbocycles. The Bertz CT molecular complexity index is 1020. The fraction of sp³-hybridized carbons (Fsp3) is 0.300. The Morgan fingerprint density at radius 1 is 1.21 bits per heavy atom. The zero-order valence-corrected chi connectivity index (χ0v) is 16.9. The Labute approximate surface area is 166 Å². The van der Waals surface area contributed by atoms with E-state index in [1.807, 2.05) is 29.6 Å². The van der Waals surface area contributed by atoms with E-state index in [0.29, 0.717) is 30.0 Å². The number of benzene rings is 1. The number of carbonyl (C=O) groups excluding carboxylic acids is 1. The summed E-state index contributed by atoms with van der Waals surface area (Å²) in [7, 11) is 1.64. The van der Waals surface area contributed by atoms with Gasteiger partial charge in [-0.2, -0.15) is 0 Å². The summed E-state index contributed by atoms with van der Waals surface area (Å²) in [6, 6.07) is 7.75. The molecule has 0 radical (unpaired) electrons. The molecule has 28 heavy (non-hydrogen) atoms. The maximum atomic E-state index is 12.2. The number of nitrogens with one attached hydrogen (secondary N) is 2. The minimum atomic E-state index is -0.204. The number of aromatic nitrogens is 3. The average molecular weight is 398 g/mol. The number of ether oxygens (including phenoxy) is 1. The minimum absolute atomic E-state index is 0.0888. The van der Waals surface area contributed by atoms with E-state index < -0.39 is 0 Å². The lowest BCUT2D eigenvalue weighted by Gasteiger charge is -2.06. The largest absolute Gasteiger partial charge is 0.497 e. The van der Waals surface area contributed by atoms with Crippen LogP contribution in [-0.2, 0) is 17.6 Å². The van der Waals surface area contributed by atoms with E-state index in [1.54, 1.807) is 32.3 Å². The molecule has 7 nitrogen and oxygen atoms in total. The van der Waals surface area contributed by atoms with Crippen molar-refractivity contribution in [3.8, 4) is 17.0 Å². The van der Waals surface area contributed by atoms with Crippen molar-refractivity contribution < 1.29 is 9.53 Å². The van der Waals surface area contributed by atoms with Crippen molar-refractivity contribution in [2.75, 3.05) is 13.7 Å². The van der Waals surface area contributed by atoms with Crippen LogP contribution >= 0.6 is 11.3 Å². The van der Waals surface area contributed by atoms with Gasteiger partial charge in [0.25, 0.3) is 5.56 Å². The van der Waals surface area contributed by atoms with Crippen LogP contribution in [0.15, 0.2) is 34.4 Å². The normalized spacial score (nSPS) is 10.7. The van der Waals surface area contributed by atoms with Crippen molar-refractivity contribution >= 4 is 17.2 Å². The molecule has 3 aromatic rings. The number of aromatic amines is 1. The second-order valence-electron chi connectivity index (χ2n) is 6.35. The van der Waals surface area contributed by atoms with Gasteiger partial charge >= 0.3 is 0 Å². The van der Waals surface area contributed by atoms with E-state index in [1.165, 1.54) is 0 Å². The molecular formula is C20H22N4O3S. The lowest BCUT2D eigenvalue weighted by Crippen LogP contribution is -2.29. The van der Waals surface area contributed by atoms with E-state index in [0.717, 1.165) is 22.0 Å². The van der Waals surface area contributed by atoms with Gasteiger partial charge in [-0.15, -0.1) is 11.3 Å². The van der Waals surface area contributed by atoms with Crippen LogP contribution in [0.25, 0.3) is 11.3 Å². The number of hydrogen-bond acceptors (Lipinski definition) is 6.